The fraction of sp³-hybridized carbons (Fsp3) is 0.778. The Bertz CT molecular complexity index is 275. The third-order valence-corrected chi connectivity index (χ3v) is 2.82. The zero-order valence-electron chi connectivity index (χ0n) is 9.36. The van der Waals surface area contributed by atoms with Gasteiger partial charge in [-0.05, 0) is 19.5 Å². The van der Waals surface area contributed by atoms with E-state index in [9.17, 15) is 0 Å². The minimum absolute atomic E-state index is 0.350. The van der Waals surface area contributed by atoms with Crippen LogP contribution in [0.25, 0.3) is 0 Å². The maximum atomic E-state index is 5.42. The van der Waals surface area contributed by atoms with Crippen molar-refractivity contribution in [2.24, 2.45) is 0 Å². The van der Waals surface area contributed by atoms with Crippen LogP contribution in [-0.2, 0) is 0 Å². The van der Waals surface area contributed by atoms with Crippen molar-refractivity contribution in [2.45, 2.75) is 20.3 Å². The number of nitrogens with zero attached hydrogens (tertiary/aromatic N) is 3. The molecule has 0 aromatic carbocycles. The molecule has 6 heteroatoms. The molecule has 0 spiro atoms. The van der Waals surface area contributed by atoms with Crippen molar-refractivity contribution >= 4 is 22.6 Å². The Hall–Kier alpha value is -0.880. The van der Waals surface area contributed by atoms with Crippen molar-refractivity contribution < 1.29 is 0 Å². The summed E-state index contributed by atoms with van der Waals surface area (Å²) in [6.07, 6.45) is 1.19. The highest BCUT2D eigenvalue weighted by Crippen LogP contribution is 2.10. The number of rotatable bonds is 7. The van der Waals surface area contributed by atoms with Gasteiger partial charge in [-0.3, -0.25) is 0 Å². The molecular formula is C9H19N5S. The molecule has 0 atom stereocenters. The summed E-state index contributed by atoms with van der Waals surface area (Å²) >= 11 is 1.31. The van der Waals surface area contributed by atoms with E-state index in [-0.39, 0.29) is 0 Å². The summed E-state index contributed by atoms with van der Waals surface area (Å²) in [5, 5.41) is 4.02. The van der Waals surface area contributed by atoms with Gasteiger partial charge in [-0.15, -0.1) is 0 Å². The summed E-state index contributed by atoms with van der Waals surface area (Å²) < 4.78 is 3.90. The van der Waals surface area contributed by atoms with E-state index in [0.29, 0.717) is 5.95 Å². The van der Waals surface area contributed by atoms with Gasteiger partial charge in [0.15, 0.2) is 0 Å². The first-order chi connectivity index (χ1) is 7.26. The summed E-state index contributed by atoms with van der Waals surface area (Å²) in [4.78, 5) is 6.44. The summed E-state index contributed by atoms with van der Waals surface area (Å²) in [6.45, 7) is 8.54. The Balaban J connectivity index is 2.20. The molecule has 1 aromatic rings. The maximum Gasteiger partial charge on any atom is 0.233 e. The van der Waals surface area contributed by atoms with Crippen LogP contribution in [0.5, 0.6) is 0 Å². The van der Waals surface area contributed by atoms with Crippen LogP contribution in [0.4, 0.5) is 11.1 Å². The number of nitrogens with one attached hydrogen (secondary N) is 1. The van der Waals surface area contributed by atoms with E-state index < -0.39 is 0 Å². The average Bonchev–Trinajstić information content (AvgIpc) is 2.63. The van der Waals surface area contributed by atoms with E-state index in [1.165, 1.54) is 18.0 Å². The lowest BCUT2D eigenvalue weighted by Crippen LogP contribution is -2.29. The molecule has 0 amide bonds. The topological polar surface area (TPSA) is 67.1 Å². The van der Waals surface area contributed by atoms with Crippen LogP contribution in [0.3, 0.4) is 0 Å². The van der Waals surface area contributed by atoms with Crippen LogP contribution in [0, 0.1) is 0 Å². The first-order valence-electron chi connectivity index (χ1n) is 5.31. The second-order valence-electron chi connectivity index (χ2n) is 3.32. The van der Waals surface area contributed by atoms with Crippen molar-refractivity contribution in [3.63, 3.8) is 0 Å². The highest BCUT2D eigenvalue weighted by Gasteiger charge is 2.02. The second-order valence-corrected chi connectivity index (χ2v) is 4.07. The van der Waals surface area contributed by atoms with Gasteiger partial charge in [0.25, 0.3) is 0 Å². The number of aromatic nitrogens is 2. The highest BCUT2D eigenvalue weighted by molar-refractivity contribution is 7.09. The van der Waals surface area contributed by atoms with Crippen molar-refractivity contribution in [2.75, 3.05) is 37.2 Å². The summed E-state index contributed by atoms with van der Waals surface area (Å²) in [5.41, 5.74) is 5.42. The van der Waals surface area contributed by atoms with Gasteiger partial charge in [0.1, 0.15) is 0 Å². The number of hydrogen-bond donors (Lipinski definition) is 2. The van der Waals surface area contributed by atoms with Gasteiger partial charge in [-0.1, -0.05) is 13.8 Å². The lowest BCUT2D eigenvalue weighted by molar-refractivity contribution is 0.300. The normalized spacial score (nSPS) is 10.9. The van der Waals surface area contributed by atoms with Crippen LogP contribution >= 0.6 is 11.5 Å². The standard InChI is InChI=1S/C9H19N5S/c1-3-6-14(4-2)7-5-11-9-12-8(10)13-15-9/h3-7H2,1-2H3,(H3,10,11,12,13). The fourth-order valence-electron chi connectivity index (χ4n) is 1.37. The molecule has 0 bridgehead atoms. The van der Waals surface area contributed by atoms with E-state index in [1.54, 1.807) is 0 Å². The van der Waals surface area contributed by atoms with E-state index in [2.05, 4.69) is 33.4 Å². The molecule has 0 aliphatic rings. The van der Waals surface area contributed by atoms with Crippen LogP contribution in [-0.4, -0.2) is 40.4 Å². The van der Waals surface area contributed by atoms with Crippen LogP contribution in [0.2, 0.25) is 0 Å². The Kier molecular flexibility index (Phi) is 5.34. The quantitative estimate of drug-likeness (QED) is 0.737. The lowest BCUT2D eigenvalue weighted by atomic mass is 10.4. The van der Waals surface area contributed by atoms with E-state index >= 15 is 0 Å². The lowest BCUT2D eigenvalue weighted by Gasteiger charge is -2.19. The van der Waals surface area contributed by atoms with E-state index in [0.717, 1.165) is 31.3 Å². The molecule has 0 aliphatic carbocycles. The first kappa shape index (κ1) is 12.2. The summed E-state index contributed by atoms with van der Waals surface area (Å²) in [7, 11) is 0. The third kappa shape index (κ3) is 4.44. The summed E-state index contributed by atoms with van der Waals surface area (Å²) in [5.74, 6) is 0.350. The molecule has 0 saturated carbocycles. The van der Waals surface area contributed by atoms with Gasteiger partial charge in [0.2, 0.25) is 11.1 Å². The Morgan fingerprint density at radius 3 is 2.73 bits per heavy atom. The number of nitrogen functional groups attached to an aromatic ring is 1. The van der Waals surface area contributed by atoms with E-state index in [1.807, 2.05) is 0 Å². The van der Waals surface area contributed by atoms with Crippen molar-refractivity contribution in [1.82, 2.24) is 14.3 Å². The minimum Gasteiger partial charge on any atom is -0.367 e. The SMILES string of the molecule is CCCN(CC)CCNc1nc(N)ns1. The Morgan fingerprint density at radius 1 is 1.40 bits per heavy atom. The molecule has 15 heavy (non-hydrogen) atoms. The molecule has 1 heterocycles. The predicted molar refractivity (Wildman–Crippen MR) is 65.2 cm³/mol. The minimum atomic E-state index is 0.350. The van der Waals surface area contributed by atoms with Crippen molar-refractivity contribution in [1.29, 1.82) is 0 Å². The molecule has 0 fully saturated rings. The second kappa shape index (κ2) is 6.58. The molecule has 3 N–H and O–H groups in total. The molecule has 0 aliphatic heterocycles. The van der Waals surface area contributed by atoms with Gasteiger partial charge in [0.05, 0.1) is 0 Å². The van der Waals surface area contributed by atoms with Gasteiger partial charge in [0, 0.05) is 24.6 Å². The number of anilines is 2. The Morgan fingerprint density at radius 2 is 2.20 bits per heavy atom. The molecule has 0 radical (unpaired) electrons. The monoisotopic (exact) mass is 229 g/mol. The maximum absolute atomic E-state index is 5.42. The largest absolute Gasteiger partial charge is 0.367 e. The van der Waals surface area contributed by atoms with E-state index in [4.69, 9.17) is 5.73 Å². The van der Waals surface area contributed by atoms with Crippen LogP contribution in [0.1, 0.15) is 20.3 Å². The van der Waals surface area contributed by atoms with Gasteiger partial charge in [-0.2, -0.15) is 9.36 Å². The number of hydrogen-bond acceptors (Lipinski definition) is 6. The molecule has 86 valence electrons. The van der Waals surface area contributed by atoms with Crippen LogP contribution < -0.4 is 11.1 Å². The smallest absolute Gasteiger partial charge is 0.233 e. The molecular weight excluding hydrogens is 210 g/mol. The van der Waals surface area contributed by atoms with Gasteiger partial charge < -0.3 is 16.0 Å². The zero-order chi connectivity index (χ0) is 11.1. The highest BCUT2D eigenvalue weighted by atomic mass is 32.1. The average molecular weight is 229 g/mol. The molecule has 5 nitrogen and oxygen atoms in total. The number of nitrogens with two attached hydrogens (primary N) is 1. The molecule has 0 unspecified atom stereocenters. The summed E-state index contributed by atoms with van der Waals surface area (Å²) in [6, 6.07) is 0. The van der Waals surface area contributed by atoms with Gasteiger partial charge >= 0.3 is 0 Å². The molecule has 1 aromatic heterocycles. The van der Waals surface area contributed by atoms with Gasteiger partial charge in [-0.25, -0.2) is 0 Å². The number of likely N-dealkylation sites (N-methyl/N-ethyl adjacent to an activating group) is 1. The predicted octanol–water partition coefficient (Wildman–Crippen LogP) is 1.26. The molecule has 0 saturated heterocycles. The first-order valence-corrected chi connectivity index (χ1v) is 6.09. The van der Waals surface area contributed by atoms with Crippen molar-refractivity contribution in [3.8, 4) is 0 Å². The zero-order valence-corrected chi connectivity index (χ0v) is 10.2. The molecule has 1 rings (SSSR count). The fourth-order valence-corrected chi connectivity index (χ4v) is 1.89. The Labute approximate surface area is 94.9 Å². The van der Waals surface area contributed by atoms with Crippen molar-refractivity contribution in [3.05, 3.63) is 0 Å². The van der Waals surface area contributed by atoms with Crippen LogP contribution in [0.15, 0.2) is 0 Å². The third-order valence-electron chi connectivity index (χ3n) is 2.13.